The van der Waals surface area contributed by atoms with E-state index in [1.807, 2.05) is 49.4 Å². The van der Waals surface area contributed by atoms with Crippen molar-refractivity contribution in [3.63, 3.8) is 0 Å². The molecule has 0 saturated heterocycles. The first-order chi connectivity index (χ1) is 17.3. The van der Waals surface area contributed by atoms with E-state index < -0.39 is 17.2 Å². The number of carbonyl (C=O) groups excluding carboxylic acids is 1. The van der Waals surface area contributed by atoms with Crippen LogP contribution in [0.3, 0.4) is 0 Å². The summed E-state index contributed by atoms with van der Waals surface area (Å²) < 4.78 is 34.4. The van der Waals surface area contributed by atoms with Crippen molar-refractivity contribution in [2.24, 2.45) is 0 Å². The largest absolute Gasteiger partial charge is 0.755 e. The summed E-state index contributed by atoms with van der Waals surface area (Å²) >= 11 is 10.3. The average Bonchev–Trinajstić information content (AvgIpc) is 3.30. The van der Waals surface area contributed by atoms with Crippen LogP contribution in [0.2, 0.25) is 10.0 Å². The van der Waals surface area contributed by atoms with Gasteiger partial charge in [-0.15, -0.1) is 0 Å². The quantitative estimate of drug-likeness (QED) is 0.257. The Bertz CT molecular complexity index is 1370. The van der Waals surface area contributed by atoms with Crippen molar-refractivity contribution in [2.45, 2.75) is 19.3 Å². The number of halogens is 2. The molecule has 4 rings (SSSR count). The Morgan fingerprint density at radius 3 is 2.44 bits per heavy atom. The highest BCUT2D eigenvalue weighted by atomic mass is 35.5. The number of carbonyl (C=O) groups is 1. The maximum atomic E-state index is 13.2. The van der Waals surface area contributed by atoms with Gasteiger partial charge in [0, 0.05) is 23.0 Å². The van der Waals surface area contributed by atoms with Crippen LogP contribution in [0.25, 0.3) is 0 Å². The van der Waals surface area contributed by atoms with E-state index in [4.69, 9.17) is 23.2 Å². The summed E-state index contributed by atoms with van der Waals surface area (Å²) in [4.78, 5) is 13.2. The van der Waals surface area contributed by atoms with Crippen LogP contribution >= 0.6 is 34.9 Å². The Hall–Kier alpha value is -2.82. The van der Waals surface area contributed by atoms with Gasteiger partial charge in [-0.05, 0) is 47.4 Å². The Morgan fingerprint density at radius 1 is 1.06 bits per heavy atom. The van der Waals surface area contributed by atoms with Gasteiger partial charge in [0.2, 0.25) is 0 Å². The van der Waals surface area contributed by atoms with E-state index in [1.165, 1.54) is 12.1 Å². The van der Waals surface area contributed by atoms with Gasteiger partial charge in [0.15, 0.2) is 5.82 Å². The monoisotopic (exact) mass is 559 g/mol. The highest BCUT2D eigenvalue weighted by molar-refractivity contribution is 7.81. The standard InChI is InChI=1S/C25H22Cl2N4O3S2/c1-16(18-7-9-19(26)10-8-18)15-28-25(32)21-12-11-20(27)14-23(21)31(36(33)34)24-22(29-35-30-24)13-17-5-3-2-4-6-17/h2-12,14,16H,13,15H2,1H3,(H,28,32)(H,33,34)/p-1. The number of anilines is 2. The zero-order chi connectivity index (χ0) is 25.7. The van der Waals surface area contributed by atoms with Crippen LogP contribution in [-0.4, -0.2) is 30.0 Å². The van der Waals surface area contributed by atoms with Gasteiger partial charge in [-0.1, -0.05) is 72.6 Å². The highest BCUT2D eigenvalue weighted by Crippen LogP contribution is 2.34. The van der Waals surface area contributed by atoms with Crippen LogP contribution in [-0.2, 0) is 17.7 Å². The molecule has 0 spiro atoms. The molecular weight excluding hydrogens is 539 g/mol. The topological polar surface area (TPSA) is 98.2 Å². The van der Waals surface area contributed by atoms with Gasteiger partial charge in [-0.25, -0.2) is 0 Å². The van der Waals surface area contributed by atoms with E-state index in [0.29, 0.717) is 23.7 Å². The van der Waals surface area contributed by atoms with Crippen molar-refractivity contribution >= 4 is 63.6 Å². The van der Waals surface area contributed by atoms with Crippen molar-refractivity contribution < 1.29 is 13.6 Å². The minimum absolute atomic E-state index is 0.00641. The molecule has 7 nitrogen and oxygen atoms in total. The second kappa shape index (κ2) is 11.9. The van der Waals surface area contributed by atoms with Crippen molar-refractivity contribution in [1.29, 1.82) is 0 Å². The van der Waals surface area contributed by atoms with Crippen molar-refractivity contribution in [3.8, 4) is 0 Å². The third-order valence-electron chi connectivity index (χ3n) is 5.52. The van der Waals surface area contributed by atoms with Gasteiger partial charge in [0.1, 0.15) is 5.69 Å². The number of hydrogen-bond donors (Lipinski definition) is 1. The number of rotatable bonds is 9. The molecule has 4 aromatic rings. The van der Waals surface area contributed by atoms with Crippen molar-refractivity contribution in [3.05, 3.63) is 105 Å². The normalized spacial score (nSPS) is 12.7. The number of benzene rings is 3. The zero-order valence-electron chi connectivity index (χ0n) is 19.1. The van der Waals surface area contributed by atoms with E-state index in [9.17, 15) is 13.6 Å². The molecule has 2 unspecified atom stereocenters. The molecule has 0 aliphatic heterocycles. The maximum Gasteiger partial charge on any atom is 0.253 e. The lowest BCUT2D eigenvalue weighted by Crippen LogP contribution is -2.30. The summed E-state index contributed by atoms with van der Waals surface area (Å²) in [6.45, 7) is 2.31. The molecule has 36 heavy (non-hydrogen) atoms. The lowest BCUT2D eigenvalue weighted by Gasteiger charge is -2.27. The summed E-state index contributed by atoms with van der Waals surface area (Å²) in [6, 6.07) is 21.4. The van der Waals surface area contributed by atoms with Crippen LogP contribution in [0, 0.1) is 0 Å². The Kier molecular flexibility index (Phi) is 8.71. The predicted octanol–water partition coefficient (Wildman–Crippen LogP) is 5.90. The van der Waals surface area contributed by atoms with E-state index >= 15 is 0 Å². The molecule has 0 saturated carbocycles. The van der Waals surface area contributed by atoms with Gasteiger partial charge in [-0.3, -0.25) is 13.3 Å². The summed E-state index contributed by atoms with van der Waals surface area (Å²) in [5, 5.41) is 3.80. The first-order valence-electron chi connectivity index (χ1n) is 10.9. The van der Waals surface area contributed by atoms with E-state index in [-0.39, 0.29) is 28.0 Å². The second-order valence-corrected chi connectivity index (χ2v) is 10.2. The fourth-order valence-electron chi connectivity index (χ4n) is 3.64. The number of nitrogens with zero attached hydrogens (tertiary/aromatic N) is 3. The molecule has 2 atom stereocenters. The fourth-order valence-corrected chi connectivity index (χ4v) is 5.13. The minimum Gasteiger partial charge on any atom is -0.755 e. The predicted molar refractivity (Wildman–Crippen MR) is 144 cm³/mol. The molecule has 11 heteroatoms. The van der Waals surface area contributed by atoms with Gasteiger partial charge < -0.3 is 9.87 Å². The summed E-state index contributed by atoms with van der Waals surface area (Å²) in [6.07, 6.45) is 0.376. The lowest BCUT2D eigenvalue weighted by molar-refractivity contribution is 0.0952. The molecule has 0 bridgehead atoms. The number of aromatic nitrogens is 2. The van der Waals surface area contributed by atoms with Crippen LogP contribution in [0.1, 0.15) is 40.0 Å². The first kappa shape index (κ1) is 26.2. The average molecular weight is 561 g/mol. The van der Waals surface area contributed by atoms with Gasteiger partial charge in [0.25, 0.3) is 5.91 Å². The molecule has 0 aliphatic carbocycles. The Labute approximate surface area is 225 Å². The van der Waals surface area contributed by atoms with Gasteiger partial charge in [-0.2, -0.15) is 8.75 Å². The van der Waals surface area contributed by atoms with Crippen LogP contribution in [0.15, 0.2) is 72.8 Å². The summed E-state index contributed by atoms with van der Waals surface area (Å²) in [7, 11) is 0. The lowest BCUT2D eigenvalue weighted by atomic mass is 10.0. The molecule has 0 aliphatic rings. The van der Waals surface area contributed by atoms with E-state index in [2.05, 4.69) is 14.1 Å². The highest BCUT2D eigenvalue weighted by Gasteiger charge is 2.25. The SMILES string of the molecule is CC(CNC(=O)c1ccc(Cl)cc1N(c1nsnc1Cc1ccccc1)S(=O)[O-])c1ccc(Cl)cc1. The zero-order valence-corrected chi connectivity index (χ0v) is 22.2. The molecule has 186 valence electrons. The summed E-state index contributed by atoms with van der Waals surface area (Å²) in [5.74, 6) is -0.305. The minimum atomic E-state index is -2.80. The number of amides is 1. The van der Waals surface area contributed by atoms with Crippen LogP contribution < -0.4 is 9.62 Å². The Balaban J connectivity index is 1.62. The molecular formula is C25H21Cl2N4O3S2-. The second-order valence-electron chi connectivity index (χ2n) is 8.03. The molecule has 0 fully saturated rings. The first-order valence-corrected chi connectivity index (χ1v) is 13.4. The molecule has 3 aromatic carbocycles. The third-order valence-corrected chi connectivity index (χ3v) is 7.23. The summed E-state index contributed by atoms with van der Waals surface area (Å²) in [5.41, 5.74) is 2.67. The molecule has 1 N–H and O–H groups in total. The maximum absolute atomic E-state index is 13.2. The van der Waals surface area contributed by atoms with Crippen molar-refractivity contribution in [1.82, 2.24) is 14.1 Å². The molecule has 1 aromatic heterocycles. The van der Waals surface area contributed by atoms with E-state index in [1.54, 1.807) is 18.2 Å². The van der Waals surface area contributed by atoms with Crippen LogP contribution in [0.5, 0.6) is 0 Å². The van der Waals surface area contributed by atoms with Gasteiger partial charge in [0.05, 0.1) is 34.2 Å². The third kappa shape index (κ3) is 6.29. The fraction of sp³-hybridized carbons (Fsp3) is 0.160. The molecule has 1 heterocycles. The van der Waals surface area contributed by atoms with Gasteiger partial charge >= 0.3 is 0 Å². The Morgan fingerprint density at radius 2 is 1.75 bits per heavy atom. The van der Waals surface area contributed by atoms with E-state index in [0.717, 1.165) is 27.2 Å². The number of nitrogens with one attached hydrogen (secondary N) is 1. The van der Waals surface area contributed by atoms with Crippen molar-refractivity contribution in [2.75, 3.05) is 10.8 Å². The molecule has 0 radical (unpaired) electrons. The molecule has 1 amide bonds. The smallest absolute Gasteiger partial charge is 0.253 e. The number of hydrogen-bond acceptors (Lipinski definition) is 6. The van der Waals surface area contributed by atoms with Crippen LogP contribution in [0.4, 0.5) is 11.5 Å².